The number of carbonyl (C=O) groups excluding carboxylic acids is 2. The van der Waals surface area contributed by atoms with E-state index in [9.17, 15) is 9.59 Å². The number of hydrogen-bond acceptors (Lipinski definition) is 2. The topological polar surface area (TPSA) is 58.2 Å². The molecule has 0 fully saturated rings. The highest BCUT2D eigenvalue weighted by atomic mass is 16.2. The van der Waals surface area contributed by atoms with E-state index in [-0.39, 0.29) is 23.1 Å². The van der Waals surface area contributed by atoms with Gasteiger partial charge in [-0.05, 0) is 23.0 Å². The van der Waals surface area contributed by atoms with Crippen molar-refractivity contribution in [1.82, 2.24) is 10.6 Å². The Morgan fingerprint density at radius 1 is 1.00 bits per heavy atom. The van der Waals surface area contributed by atoms with E-state index in [1.54, 1.807) is 0 Å². The van der Waals surface area contributed by atoms with Crippen molar-refractivity contribution in [2.75, 3.05) is 13.1 Å². The van der Waals surface area contributed by atoms with Crippen LogP contribution in [0.1, 0.15) is 52.2 Å². The molecular weight excluding hydrogens is 288 g/mol. The molecule has 0 aliphatic rings. The van der Waals surface area contributed by atoms with Crippen molar-refractivity contribution in [2.24, 2.45) is 5.92 Å². The molecule has 23 heavy (non-hydrogen) atoms. The van der Waals surface area contributed by atoms with E-state index in [2.05, 4.69) is 55.7 Å². The van der Waals surface area contributed by atoms with Crippen molar-refractivity contribution in [3.05, 3.63) is 35.4 Å². The summed E-state index contributed by atoms with van der Waals surface area (Å²) in [5.74, 6) is 0.00338. The Labute approximate surface area is 140 Å². The van der Waals surface area contributed by atoms with Crippen LogP contribution in [0, 0.1) is 5.92 Å². The second-order valence-electron chi connectivity index (χ2n) is 7.24. The Bertz CT molecular complexity index is 513. The van der Waals surface area contributed by atoms with Gasteiger partial charge in [-0.3, -0.25) is 9.59 Å². The fraction of sp³-hybridized carbons (Fsp3) is 0.579. The van der Waals surface area contributed by atoms with Crippen LogP contribution in [0.25, 0.3) is 0 Å². The fourth-order valence-electron chi connectivity index (χ4n) is 2.11. The molecule has 128 valence electrons. The molecule has 0 bridgehead atoms. The quantitative estimate of drug-likeness (QED) is 0.760. The van der Waals surface area contributed by atoms with Gasteiger partial charge < -0.3 is 10.6 Å². The van der Waals surface area contributed by atoms with Gasteiger partial charge in [0.15, 0.2) is 0 Å². The summed E-state index contributed by atoms with van der Waals surface area (Å²) in [6.45, 7) is 11.2. The molecule has 4 heteroatoms. The summed E-state index contributed by atoms with van der Waals surface area (Å²) in [5.41, 5.74) is 2.61. The third-order valence-electron chi connectivity index (χ3n) is 3.73. The van der Waals surface area contributed by atoms with Crippen molar-refractivity contribution >= 4 is 11.8 Å². The molecule has 0 aliphatic carbocycles. The first-order chi connectivity index (χ1) is 10.7. The largest absolute Gasteiger partial charge is 0.354 e. The summed E-state index contributed by atoms with van der Waals surface area (Å²) in [7, 11) is 0. The molecule has 0 aliphatic heterocycles. The molecular formula is C19H30N2O2. The van der Waals surface area contributed by atoms with Crippen molar-refractivity contribution in [1.29, 1.82) is 0 Å². The van der Waals surface area contributed by atoms with Crippen molar-refractivity contribution < 1.29 is 9.59 Å². The molecule has 0 aromatic heterocycles. The molecule has 0 spiro atoms. The molecule has 1 rings (SSSR count). The third-order valence-corrected chi connectivity index (χ3v) is 3.73. The number of carbonyl (C=O) groups is 2. The van der Waals surface area contributed by atoms with Crippen LogP contribution >= 0.6 is 0 Å². The standard InChI is InChI=1S/C19H30N2O2/c1-14(2)18(23)21-13-12-20-17(22)11-8-15-6-9-16(10-7-15)19(3,4)5/h6-7,9-10,14H,8,11-13H2,1-5H3,(H,20,22)(H,21,23). The number of rotatable bonds is 7. The summed E-state index contributed by atoms with van der Waals surface area (Å²) in [6.07, 6.45) is 1.20. The molecule has 2 amide bonds. The van der Waals surface area contributed by atoms with Gasteiger partial charge in [-0.15, -0.1) is 0 Å². The fourth-order valence-corrected chi connectivity index (χ4v) is 2.11. The van der Waals surface area contributed by atoms with Crippen LogP contribution in [-0.4, -0.2) is 24.9 Å². The summed E-state index contributed by atoms with van der Waals surface area (Å²) in [5, 5.41) is 5.61. The minimum absolute atomic E-state index is 0.0122. The zero-order valence-corrected chi connectivity index (χ0v) is 15.0. The van der Waals surface area contributed by atoms with Gasteiger partial charge in [0, 0.05) is 25.4 Å². The van der Waals surface area contributed by atoms with Gasteiger partial charge >= 0.3 is 0 Å². The molecule has 0 atom stereocenters. The number of benzene rings is 1. The van der Waals surface area contributed by atoms with Crippen LogP contribution in [0.2, 0.25) is 0 Å². The van der Waals surface area contributed by atoms with E-state index in [0.29, 0.717) is 19.5 Å². The second kappa shape index (κ2) is 8.70. The summed E-state index contributed by atoms with van der Waals surface area (Å²) >= 11 is 0. The van der Waals surface area contributed by atoms with Crippen molar-refractivity contribution in [2.45, 2.75) is 52.9 Å². The van der Waals surface area contributed by atoms with Crippen LogP contribution < -0.4 is 10.6 Å². The van der Waals surface area contributed by atoms with Gasteiger partial charge in [0.05, 0.1) is 0 Å². The SMILES string of the molecule is CC(C)C(=O)NCCNC(=O)CCc1ccc(C(C)(C)C)cc1. The van der Waals surface area contributed by atoms with Gasteiger partial charge in [-0.25, -0.2) is 0 Å². The van der Waals surface area contributed by atoms with Crippen LogP contribution in [0.4, 0.5) is 0 Å². The zero-order chi connectivity index (χ0) is 17.5. The lowest BCUT2D eigenvalue weighted by atomic mass is 9.86. The van der Waals surface area contributed by atoms with E-state index >= 15 is 0 Å². The molecule has 4 nitrogen and oxygen atoms in total. The van der Waals surface area contributed by atoms with E-state index in [0.717, 1.165) is 6.42 Å². The minimum Gasteiger partial charge on any atom is -0.354 e. The number of amides is 2. The van der Waals surface area contributed by atoms with Gasteiger partial charge in [-0.1, -0.05) is 58.9 Å². The molecule has 0 radical (unpaired) electrons. The summed E-state index contributed by atoms with van der Waals surface area (Å²) in [4.78, 5) is 23.2. The minimum atomic E-state index is -0.0261. The van der Waals surface area contributed by atoms with E-state index < -0.39 is 0 Å². The highest BCUT2D eigenvalue weighted by molar-refractivity contribution is 5.78. The van der Waals surface area contributed by atoms with E-state index in [4.69, 9.17) is 0 Å². The lowest BCUT2D eigenvalue weighted by Crippen LogP contribution is -2.36. The van der Waals surface area contributed by atoms with Crippen LogP contribution in [-0.2, 0) is 21.4 Å². The zero-order valence-electron chi connectivity index (χ0n) is 15.0. The number of nitrogens with one attached hydrogen (secondary N) is 2. The third kappa shape index (κ3) is 7.31. The van der Waals surface area contributed by atoms with Gasteiger partial charge in [0.25, 0.3) is 0 Å². The highest BCUT2D eigenvalue weighted by Crippen LogP contribution is 2.22. The first-order valence-corrected chi connectivity index (χ1v) is 8.34. The number of hydrogen-bond donors (Lipinski definition) is 2. The van der Waals surface area contributed by atoms with Crippen LogP contribution in [0.15, 0.2) is 24.3 Å². The Kier molecular flexibility index (Phi) is 7.27. The monoisotopic (exact) mass is 318 g/mol. The van der Waals surface area contributed by atoms with Gasteiger partial charge in [0.2, 0.25) is 11.8 Å². The molecule has 1 aromatic rings. The predicted octanol–water partition coefficient (Wildman–Crippen LogP) is 2.81. The average Bonchev–Trinajstić information content (AvgIpc) is 2.48. The smallest absolute Gasteiger partial charge is 0.222 e. The Balaban J connectivity index is 2.27. The summed E-state index contributed by atoms with van der Waals surface area (Å²) < 4.78 is 0. The van der Waals surface area contributed by atoms with Crippen LogP contribution in [0.5, 0.6) is 0 Å². The highest BCUT2D eigenvalue weighted by Gasteiger charge is 2.13. The second-order valence-corrected chi connectivity index (χ2v) is 7.24. The molecule has 0 unspecified atom stereocenters. The molecule has 0 saturated heterocycles. The normalized spacial score (nSPS) is 11.4. The molecule has 0 heterocycles. The average molecular weight is 318 g/mol. The lowest BCUT2D eigenvalue weighted by Gasteiger charge is -2.19. The Morgan fingerprint density at radius 3 is 2.09 bits per heavy atom. The lowest BCUT2D eigenvalue weighted by molar-refractivity contribution is -0.124. The van der Waals surface area contributed by atoms with E-state index in [1.807, 2.05) is 13.8 Å². The summed E-state index contributed by atoms with van der Waals surface area (Å²) in [6, 6.07) is 8.46. The maximum Gasteiger partial charge on any atom is 0.222 e. The first kappa shape index (κ1) is 19.2. The molecule has 0 saturated carbocycles. The maximum absolute atomic E-state index is 11.8. The Hall–Kier alpha value is -1.84. The van der Waals surface area contributed by atoms with Gasteiger partial charge in [-0.2, -0.15) is 0 Å². The van der Waals surface area contributed by atoms with Gasteiger partial charge in [0.1, 0.15) is 0 Å². The predicted molar refractivity (Wildman–Crippen MR) is 94.3 cm³/mol. The number of aryl methyl sites for hydroxylation is 1. The maximum atomic E-state index is 11.8. The Morgan fingerprint density at radius 2 is 1.57 bits per heavy atom. The molecule has 1 aromatic carbocycles. The van der Waals surface area contributed by atoms with Crippen molar-refractivity contribution in [3.63, 3.8) is 0 Å². The van der Waals surface area contributed by atoms with Crippen LogP contribution in [0.3, 0.4) is 0 Å². The van der Waals surface area contributed by atoms with E-state index in [1.165, 1.54) is 11.1 Å². The molecule has 2 N–H and O–H groups in total. The van der Waals surface area contributed by atoms with Crippen molar-refractivity contribution in [3.8, 4) is 0 Å². The first-order valence-electron chi connectivity index (χ1n) is 8.34.